The minimum absolute atomic E-state index is 0.0326. The minimum atomic E-state index is -0.408. The summed E-state index contributed by atoms with van der Waals surface area (Å²) in [5, 5.41) is 12.8. The summed E-state index contributed by atoms with van der Waals surface area (Å²) >= 11 is 11.7. The normalized spacial score (nSPS) is 10.5. The largest absolute Gasteiger partial charge is 0.360 e. The van der Waals surface area contributed by atoms with Gasteiger partial charge in [0.15, 0.2) is 0 Å². The number of rotatable bonds is 7. The van der Waals surface area contributed by atoms with Gasteiger partial charge in [-0.1, -0.05) is 35.4 Å². The van der Waals surface area contributed by atoms with Gasteiger partial charge in [-0.05, 0) is 18.2 Å². The Hall–Kier alpha value is -2.22. The standard InChI is InChI=1S/C16H15Cl2N3O/c1-3-7-21(8-4-2)16(22)12(10-19)11-20-13-5-6-14(17)15(18)9-13/h3-6,9,11,20H,1-2,7-8H2/b12-11-. The molecule has 0 radical (unpaired) electrons. The molecule has 0 aliphatic carbocycles. The van der Waals surface area contributed by atoms with E-state index >= 15 is 0 Å². The van der Waals surface area contributed by atoms with Crippen LogP contribution in [-0.2, 0) is 4.79 Å². The van der Waals surface area contributed by atoms with Crippen molar-refractivity contribution < 1.29 is 4.79 Å². The van der Waals surface area contributed by atoms with E-state index in [2.05, 4.69) is 18.5 Å². The lowest BCUT2D eigenvalue weighted by Crippen LogP contribution is -2.32. The molecule has 0 saturated carbocycles. The molecule has 1 aromatic rings. The fraction of sp³-hybridized carbons (Fsp3) is 0.125. The highest BCUT2D eigenvalue weighted by Crippen LogP contribution is 2.25. The first-order valence-corrected chi connectivity index (χ1v) is 7.12. The van der Waals surface area contributed by atoms with E-state index in [9.17, 15) is 4.79 Å². The van der Waals surface area contributed by atoms with E-state index < -0.39 is 5.91 Å². The zero-order chi connectivity index (χ0) is 16.5. The summed E-state index contributed by atoms with van der Waals surface area (Å²) < 4.78 is 0. The summed E-state index contributed by atoms with van der Waals surface area (Å²) in [6, 6.07) is 6.79. The van der Waals surface area contributed by atoms with Crippen molar-refractivity contribution in [3.05, 3.63) is 65.3 Å². The van der Waals surface area contributed by atoms with Gasteiger partial charge in [0.2, 0.25) is 0 Å². The highest BCUT2D eigenvalue weighted by molar-refractivity contribution is 6.42. The van der Waals surface area contributed by atoms with E-state index in [1.54, 1.807) is 30.4 Å². The molecule has 1 aromatic carbocycles. The molecule has 0 heterocycles. The predicted octanol–water partition coefficient (Wildman–Crippen LogP) is 4.01. The van der Waals surface area contributed by atoms with Crippen molar-refractivity contribution >= 4 is 34.8 Å². The minimum Gasteiger partial charge on any atom is -0.360 e. The lowest BCUT2D eigenvalue weighted by atomic mass is 10.2. The van der Waals surface area contributed by atoms with Crippen LogP contribution in [0.3, 0.4) is 0 Å². The van der Waals surface area contributed by atoms with E-state index in [-0.39, 0.29) is 5.57 Å². The molecule has 1 N–H and O–H groups in total. The zero-order valence-corrected chi connectivity index (χ0v) is 13.4. The Labute approximate surface area is 139 Å². The highest BCUT2D eigenvalue weighted by atomic mass is 35.5. The number of anilines is 1. The van der Waals surface area contributed by atoms with Gasteiger partial charge in [0.25, 0.3) is 5.91 Å². The molecule has 0 atom stereocenters. The second kappa shape index (κ2) is 8.93. The molecule has 22 heavy (non-hydrogen) atoms. The van der Waals surface area contributed by atoms with Crippen LogP contribution in [0.5, 0.6) is 0 Å². The zero-order valence-electron chi connectivity index (χ0n) is 11.9. The van der Waals surface area contributed by atoms with Gasteiger partial charge in [-0.25, -0.2) is 0 Å². The van der Waals surface area contributed by atoms with E-state index in [0.29, 0.717) is 28.8 Å². The maximum atomic E-state index is 12.2. The van der Waals surface area contributed by atoms with Crippen molar-refractivity contribution in [2.75, 3.05) is 18.4 Å². The highest BCUT2D eigenvalue weighted by Gasteiger charge is 2.16. The molecule has 0 aromatic heterocycles. The Morgan fingerprint density at radius 3 is 2.41 bits per heavy atom. The fourth-order valence-corrected chi connectivity index (χ4v) is 1.90. The maximum absolute atomic E-state index is 12.2. The summed E-state index contributed by atoms with van der Waals surface area (Å²) in [4.78, 5) is 13.7. The van der Waals surface area contributed by atoms with E-state index in [4.69, 9.17) is 28.5 Å². The first-order valence-electron chi connectivity index (χ1n) is 6.36. The number of hydrogen-bond donors (Lipinski definition) is 1. The Kier molecular flexibility index (Phi) is 7.24. The van der Waals surface area contributed by atoms with Crippen molar-refractivity contribution in [3.63, 3.8) is 0 Å². The average molecular weight is 336 g/mol. The van der Waals surface area contributed by atoms with Crippen LogP contribution in [0.25, 0.3) is 0 Å². The number of nitrogens with one attached hydrogen (secondary N) is 1. The van der Waals surface area contributed by atoms with Gasteiger partial charge in [-0.15, -0.1) is 13.2 Å². The third-order valence-electron chi connectivity index (χ3n) is 2.64. The second-order valence-corrected chi connectivity index (χ2v) is 5.04. The van der Waals surface area contributed by atoms with Gasteiger partial charge < -0.3 is 10.2 Å². The summed E-state index contributed by atoms with van der Waals surface area (Å²) in [5.41, 5.74) is 0.587. The van der Waals surface area contributed by atoms with Crippen molar-refractivity contribution in [1.29, 1.82) is 5.26 Å². The molecule has 4 nitrogen and oxygen atoms in total. The number of carbonyl (C=O) groups excluding carboxylic acids is 1. The SMILES string of the molecule is C=CCN(CC=C)C(=O)/C(C#N)=C\Nc1ccc(Cl)c(Cl)c1. The molecule has 1 amide bonds. The summed E-state index contributed by atoms with van der Waals surface area (Å²) in [7, 11) is 0. The van der Waals surface area contributed by atoms with Crippen molar-refractivity contribution in [3.8, 4) is 6.07 Å². The lowest BCUT2D eigenvalue weighted by Gasteiger charge is -2.18. The fourth-order valence-electron chi connectivity index (χ4n) is 1.61. The van der Waals surface area contributed by atoms with E-state index in [0.717, 1.165) is 0 Å². The number of nitrogens with zero attached hydrogens (tertiary/aromatic N) is 2. The summed E-state index contributed by atoms with van der Waals surface area (Å²) in [6.45, 7) is 7.84. The first-order chi connectivity index (χ1) is 10.5. The number of carbonyl (C=O) groups is 1. The van der Waals surface area contributed by atoms with Gasteiger partial charge in [-0.2, -0.15) is 5.26 Å². The van der Waals surface area contributed by atoms with Crippen LogP contribution in [-0.4, -0.2) is 23.9 Å². The smallest absolute Gasteiger partial charge is 0.266 e. The third-order valence-corrected chi connectivity index (χ3v) is 3.38. The van der Waals surface area contributed by atoms with Gasteiger partial charge in [-0.3, -0.25) is 4.79 Å². The molecule has 0 unspecified atom stereocenters. The molecule has 0 spiro atoms. The number of hydrogen-bond acceptors (Lipinski definition) is 3. The molecule has 0 aliphatic rings. The monoisotopic (exact) mass is 335 g/mol. The third kappa shape index (κ3) is 4.96. The van der Waals surface area contributed by atoms with Gasteiger partial charge >= 0.3 is 0 Å². The Morgan fingerprint density at radius 1 is 1.27 bits per heavy atom. The lowest BCUT2D eigenvalue weighted by molar-refractivity contribution is -0.125. The van der Waals surface area contributed by atoms with E-state index in [1.165, 1.54) is 11.1 Å². The van der Waals surface area contributed by atoms with Crippen molar-refractivity contribution in [1.82, 2.24) is 4.90 Å². The molecule has 6 heteroatoms. The van der Waals surface area contributed by atoms with Crippen molar-refractivity contribution in [2.24, 2.45) is 0 Å². The Morgan fingerprint density at radius 2 is 1.91 bits per heavy atom. The summed E-state index contributed by atoms with van der Waals surface area (Å²) in [5.74, 6) is -0.408. The number of halogens is 2. The van der Waals surface area contributed by atoms with Crippen molar-refractivity contribution in [2.45, 2.75) is 0 Å². The average Bonchev–Trinajstić information content (AvgIpc) is 2.51. The van der Waals surface area contributed by atoms with Crippen LogP contribution in [0.15, 0.2) is 55.3 Å². The maximum Gasteiger partial charge on any atom is 0.266 e. The molecule has 114 valence electrons. The number of benzene rings is 1. The van der Waals surface area contributed by atoms with Crippen LogP contribution in [0.2, 0.25) is 10.0 Å². The Bertz CT molecular complexity index is 637. The molecule has 1 rings (SSSR count). The first kappa shape index (κ1) is 17.8. The van der Waals surface area contributed by atoms with Crippen LogP contribution in [0, 0.1) is 11.3 Å². The molecule has 0 saturated heterocycles. The van der Waals surface area contributed by atoms with E-state index in [1.807, 2.05) is 6.07 Å². The molecule has 0 bridgehead atoms. The topological polar surface area (TPSA) is 56.1 Å². The van der Waals surface area contributed by atoms with Gasteiger partial charge in [0.05, 0.1) is 10.0 Å². The Balaban J connectivity index is 2.91. The predicted molar refractivity (Wildman–Crippen MR) is 90.8 cm³/mol. The molecule has 0 fully saturated rings. The molecular weight excluding hydrogens is 321 g/mol. The summed E-state index contributed by atoms with van der Waals surface area (Å²) in [6.07, 6.45) is 4.51. The van der Waals surface area contributed by atoms with Crippen LogP contribution in [0.4, 0.5) is 5.69 Å². The quantitative estimate of drug-likeness (QED) is 0.465. The second-order valence-electron chi connectivity index (χ2n) is 4.23. The van der Waals surface area contributed by atoms with Crippen LogP contribution < -0.4 is 5.32 Å². The van der Waals surface area contributed by atoms with Gasteiger partial charge in [0.1, 0.15) is 11.6 Å². The van der Waals surface area contributed by atoms with Gasteiger partial charge in [0, 0.05) is 25.0 Å². The van der Waals surface area contributed by atoms with Crippen LogP contribution >= 0.6 is 23.2 Å². The number of amides is 1. The number of nitriles is 1. The molecule has 0 aliphatic heterocycles. The van der Waals surface area contributed by atoms with Crippen LogP contribution in [0.1, 0.15) is 0 Å². The molecular formula is C16H15Cl2N3O.